The van der Waals surface area contributed by atoms with Crippen LogP contribution in [0.15, 0.2) is 30.3 Å². The molecule has 1 saturated carbocycles. The van der Waals surface area contributed by atoms with Crippen LogP contribution < -0.4 is 5.32 Å². The summed E-state index contributed by atoms with van der Waals surface area (Å²) in [5, 5.41) is 3.77. The lowest BCUT2D eigenvalue weighted by molar-refractivity contribution is 0.0552. The van der Waals surface area contributed by atoms with Crippen LogP contribution in [0.4, 0.5) is 0 Å². The molecule has 3 atom stereocenters. The Labute approximate surface area is 123 Å². The Morgan fingerprint density at radius 3 is 2.65 bits per heavy atom. The summed E-state index contributed by atoms with van der Waals surface area (Å²) < 4.78 is 0. The third kappa shape index (κ3) is 2.91. The van der Waals surface area contributed by atoms with Crippen molar-refractivity contribution < 1.29 is 0 Å². The van der Waals surface area contributed by atoms with E-state index in [-0.39, 0.29) is 5.54 Å². The van der Waals surface area contributed by atoms with Crippen molar-refractivity contribution in [2.75, 3.05) is 13.1 Å². The molecule has 0 aromatic heterocycles. The fourth-order valence-electron chi connectivity index (χ4n) is 3.63. The summed E-state index contributed by atoms with van der Waals surface area (Å²) in [4.78, 5) is 2.72. The zero-order valence-corrected chi connectivity index (χ0v) is 13.1. The molecule has 1 heterocycles. The minimum atomic E-state index is 0.0889. The maximum absolute atomic E-state index is 3.77. The van der Waals surface area contributed by atoms with Gasteiger partial charge < -0.3 is 5.32 Å². The molecule has 1 saturated heterocycles. The molecule has 1 N–H and O–H groups in total. The number of benzene rings is 1. The smallest absolute Gasteiger partial charge is 0.0535 e. The normalized spacial score (nSPS) is 33.0. The highest BCUT2D eigenvalue weighted by Crippen LogP contribution is 2.36. The van der Waals surface area contributed by atoms with Crippen LogP contribution in [0.2, 0.25) is 0 Å². The zero-order chi connectivity index (χ0) is 14.2. The van der Waals surface area contributed by atoms with Crippen molar-refractivity contribution in [2.45, 2.75) is 57.7 Å². The molecule has 1 aromatic rings. The van der Waals surface area contributed by atoms with Gasteiger partial charge in [0.1, 0.15) is 0 Å². The number of hydrogen-bond acceptors (Lipinski definition) is 2. The van der Waals surface area contributed by atoms with Crippen molar-refractivity contribution >= 4 is 0 Å². The van der Waals surface area contributed by atoms with E-state index in [1.807, 2.05) is 0 Å². The highest BCUT2D eigenvalue weighted by Gasteiger charge is 2.38. The molecule has 2 fully saturated rings. The molecular weight excluding hydrogens is 244 g/mol. The van der Waals surface area contributed by atoms with E-state index in [0.717, 1.165) is 19.0 Å². The summed E-state index contributed by atoms with van der Waals surface area (Å²) in [6, 6.07) is 12.3. The van der Waals surface area contributed by atoms with Crippen LogP contribution >= 0.6 is 0 Å². The molecule has 3 rings (SSSR count). The summed E-state index contributed by atoms with van der Waals surface area (Å²) in [7, 11) is 0. The predicted molar refractivity (Wildman–Crippen MR) is 84.8 cm³/mol. The van der Waals surface area contributed by atoms with E-state index >= 15 is 0 Å². The van der Waals surface area contributed by atoms with E-state index in [1.165, 1.54) is 24.8 Å². The lowest BCUT2D eigenvalue weighted by Crippen LogP contribution is -2.62. The third-order valence-electron chi connectivity index (χ3n) is 5.20. The van der Waals surface area contributed by atoms with Gasteiger partial charge in [0.25, 0.3) is 0 Å². The molecule has 0 bridgehead atoms. The fourth-order valence-corrected chi connectivity index (χ4v) is 3.63. The molecule has 20 heavy (non-hydrogen) atoms. The van der Waals surface area contributed by atoms with Gasteiger partial charge >= 0.3 is 0 Å². The van der Waals surface area contributed by atoms with E-state index in [1.54, 1.807) is 0 Å². The predicted octanol–water partition coefficient (Wildman–Crippen LogP) is 3.38. The van der Waals surface area contributed by atoms with Crippen LogP contribution in [0.5, 0.6) is 0 Å². The lowest BCUT2D eigenvalue weighted by atomic mass is 9.87. The maximum Gasteiger partial charge on any atom is 0.0535 e. The van der Waals surface area contributed by atoms with E-state index in [9.17, 15) is 0 Å². The maximum atomic E-state index is 3.77. The Hall–Kier alpha value is -0.860. The second-order valence-corrected chi connectivity index (χ2v) is 7.13. The second kappa shape index (κ2) is 5.50. The number of nitrogens with one attached hydrogen (secondary N) is 1. The van der Waals surface area contributed by atoms with Gasteiger partial charge in [0.15, 0.2) is 0 Å². The minimum absolute atomic E-state index is 0.0889. The summed E-state index contributed by atoms with van der Waals surface area (Å²) in [6.45, 7) is 9.34. The first-order chi connectivity index (χ1) is 9.58. The molecule has 110 valence electrons. The zero-order valence-electron chi connectivity index (χ0n) is 13.1. The second-order valence-electron chi connectivity index (χ2n) is 7.13. The Kier molecular flexibility index (Phi) is 3.87. The first-order valence-corrected chi connectivity index (χ1v) is 8.15. The third-order valence-corrected chi connectivity index (χ3v) is 5.20. The van der Waals surface area contributed by atoms with Crippen LogP contribution in [-0.2, 0) is 5.54 Å². The van der Waals surface area contributed by atoms with Crippen LogP contribution in [0.1, 0.15) is 45.6 Å². The van der Waals surface area contributed by atoms with Crippen LogP contribution in [0.3, 0.4) is 0 Å². The van der Waals surface area contributed by atoms with Crippen molar-refractivity contribution in [1.82, 2.24) is 10.2 Å². The standard InChI is InChI=1S/C18H28N2/c1-14(11-16-9-10-16)20-13-18(3,19-12-15(20)2)17-7-5-4-6-8-17/h4-8,14-16,19H,9-13H2,1-3H3. The molecule has 2 nitrogen and oxygen atoms in total. The van der Waals surface area contributed by atoms with Gasteiger partial charge in [-0.3, -0.25) is 4.90 Å². The summed E-state index contributed by atoms with van der Waals surface area (Å²) in [5.41, 5.74) is 1.50. The van der Waals surface area contributed by atoms with E-state index in [2.05, 4.69) is 61.3 Å². The largest absolute Gasteiger partial charge is 0.305 e. The Morgan fingerprint density at radius 1 is 1.30 bits per heavy atom. The van der Waals surface area contributed by atoms with Gasteiger partial charge in [0.05, 0.1) is 5.54 Å². The molecule has 1 aliphatic carbocycles. The van der Waals surface area contributed by atoms with E-state index < -0.39 is 0 Å². The van der Waals surface area contributed by atoms with Gasteiger partial charge in [0.2, 0.25) is 0 Å². The molecular formula is C18H28N2. The molecule has 1 aromatic carbocycles. The molecule has 2 heteroatoms. The Morgan fingerprint density at radius 2 is 2.00 bits per heavy atom. The highest BCUT2D eigenvalue weighted by molar-refractivity contribution is 5.25. The van der Waals surface area contributed by atoms with E-state index in [0.29, 0.717) is 12.1 Å². The average molecular weight is 272 g/mol. The number of nitrogens with zero attached hydrogens (tertiary/aromatic N) is 1. The summed E-state index contributed by atoms with van der Waals surface area (Å²) in [6.07, 6.45) is 4.30. The number of rotatable bonds is 4. The van der Waals surface area contributed by atoms with Crippen molar-refractivity contribution in [3.63, 3.8) is 0 Å². The summed E-state index contributed by atoms with van der Waals surface area (Å²) in [5.74, 6) is 1.01. The van der Waals surface area contributed by atoms with Gasteiger partial charge in [-0.15, -0.1) is 0 Å². The SMILES string of the molecule is CC1CNC(C)(c2ccccc2)CN1C(C)CC1CC1. The first-order valence-electron chi connectivity index (χ1n) is 8.15. The van der Waals surface area contributed by atoms with Crippen molar-refractivity contribution in [2.24, 2.45) is 5.92 Å². The highest BCUT2D eigenvalue weighted by atomic mass is 15.3. The van der Waals surface area contributed by atoms with Gasteiger partial charge in [-0.25, -0.2) is 0 Å². The lowest BCUT2D eigenvalue weighted by Gasteiger charge is -2.48. The Balaban J connectivity index is 1.74. The molecule has 0 radical (unpaired) electrons. The van der Waals surface area contributed by atoms with Crippen molar-refractivity contribution in [3.8, 4) is 0 Å². The molecule has 0 amide bonds. The van der Waals surface area contributed by atoms with Crippen LogP contribution in [0.25, 0.3) is 0 Å². The Bertz CT molecular complexity index is 440. The molecule has 0 spiro atoms. The van der Waals surface area contributed by atoms with Crippen LogP contribution in [0, 0.1) is 5.92 Å². The number of piperazine rings is 1. The topological polar surface area (TPSA) is 15.3 Å². The minimum Gasteiger partial charge on any atom is -0.305 e. The number of hydrogen-bond donors (Lipinski definition) is 1. The van der Waals surface area contributed by atoms with E-state index in [4.69, 9.17) is 0 Å². The molecule has 2 aliphatic rings. The molecule has 3 unspecified atom stereocenters. The van der Waals surface area contributed by atoms with Gasteiger partial charge in [-0.05, 0) is 38.7 Å². The van der Waals surface area contributed by atoms with Gasteiger partial charge in [0, 0.05) is 25.2 Å². The van der Waals surface area contributed by atoms with Crippen molar-refractivity contribution in [1.29, 1.82) is 0 Å². The average Bonchev–Trinajstić information content (AvgIpc) is 3.26. The monoisotopic (exact) mass is 272 g/mol. The summed E-state index contributed by atoms with van der Waals surface area (Å²) >= 11 is 0. The van der Waals surface area contributed by atoms with Gasteiger partial charge in [-0.1, -0.05) is 43.2 Å². The quantitative estimate of drug-likeness (QED) is 0.904. The van der Waals surface area contributed by atoms with Crippen molar-refractivity contribution in [3.05, 3.63) is 35.9 Å². The first kappa shape index (κ1) is 14.1. The van der Waals surface area contributed by atoms with Crippen LogP contribution in [-0.4, -0.2) is 30.1 Å². The molecule has 1 aliphatic heterocycles. The fraction of sp³-hybridized carbons (Fsp3) is 0.667. The van der Waals surface area contributed by atoms with Gasteiger partial charge in [-0.2, -0.15) is 0 Å².